The molecular weight excluding hydrogens is 444 g/mol. The Morgan fingerprint density at radius 1 is 0.971 bits per heavy atom. The molecule has 0 aliphatic carbocycles. The summed E-state index contributed by atoms with van der Waals surface area (Å²) in [6.07, 6.45) is 0. The minimum absolute atomic E-state index is 0.0745. The molecule has 0 radical (unpaired) electrons. The van der Waals surface area contributed by atoms with Gasteiger partial charge in [-0.1, -0.05) is 91.4 Å². The maximum Gasteiger partial charge on any atom is 0.301 e. The quantitative estimate of drug-likeness (QED) is 0.215. The molecule has 0 bridgehead atoms. The maximum atomic E-state index is 13.3. The van der Waals surface area contributed by atoms with Crippen molar-refractivity contribution >= 4 is 44.1 Å². The van der Waals surface area contributed by atoms with Gasteiger partial charge in [-0.2, -0.15) is 0 Å². The number of aryl methyl sites for hydroxylation is 1. The summed E-state index contributed by atoms with van der Waals surface area (Å²) in [5, 5.41) is 11.7. The highest BCUT2D eigenvalue weighted by Crippen LogP contribution is 2.44. The lowest BCUT2D eigenvalue weighted by Gasteiger charge is -2.23. The molecule has 0 saturated carbocycles. The molecule has 5 rings (SSSR count). The number of hydrogen-bond donors (Lipinski definition) is 1. The second-order valence-electron chi connectivity index (χ2n) is 8.82. The summed E-state index contributed by atoms with van der Waals surface area (Å²) < 4.78 is 0.923. The number of carbonyl (C=O) groups excluding carboxylic acids is 2. The number of ketones is 1. The van der Waals surface area contributed by atoms with Crippen molar-refractivity contribution in [2.75, 3.05) is 4.90 Å². The van der Waals surface area contributed by atoms with Gasteiger partial charge in [-0.05, 0) is 36.1 Å². The van der Waals surface area contributed by atoms with Gasteiger partial charge in [0.2, 0.25) is 0 Å². The van der Waals surface area contributed by atoms with Crippen LogP contribution in [0.5, 0.6) is 0 Å². The molecule has 34 heavy (non-hydrogen) atoms. The minimum atomic E-state index is -0.775. The summed E-state index contributed by atoms with van der Waals surface area (Å²) in [5.74, 6) is -1.24. The zero-order valence-electron chi connectivity index (χ0n) is 19.1. The molecule has 4 aromatic rings. The minimum Gasteiger partial charge on any atom is -0.507 e. The van der Waals surface area contributed by atoms with Crippen LogP contribution in [-0.2, 0) is 9.59 Å². The molecule has 0 spiro atoms. The highest BCUT2D eigenvalue weighted by Gasteiger charge is 2.48. The van der Waals surface area contributed by atoms with Gasteiger partial charge in [0.05, 0.1) is 21.8 Å². The molecule has 2 heterocycles. The van der Waals surface area contributed by atoms with Gasteiger partial charge in [-0.15, -0.1) is 0 Å². The first kappa shape index (κ1) is 22.0. The van der Waals surface area contributed by atoms with Crippen LogP contribution in [-0.4, -0.2) is 21.8 Å². The number of aromatic nitrogens is 1. The number of aliphatic hydroxyl groups is 1. The molecule has 1 aliphatic heterocycles. The SMILES string of the molecule is Cc1ccc(C(O)=C2C(=O)C(=O)N(c3nc4ccccc4s3)[C@@H]2c2ccc(C(C)C)cc2)cc1. The molecule has 1 saturated heterocycles. The monoisotopic (exact) mass is 468 g/mol. The Bertz CT molecular complexity index is 1400. The van der Waals surface area contributed by atoms with Crippen molar-refractivity contribution in [2.24, 2.45) is 0 Å². The number of aliphatic hydroxyl groups excluding tert-OH is 1. The van der Waals surface area contributed by atoms with Crippen molar-refractivity contribution < 1.29 is 14.7 Å². The Morgan fingerprint density at radius 2 is 1.65 bits per heavy atom. The van der Waals surface area contributed by atoms with Crippen LogP contribution in [0.3, 0.4) is 0 Å². The summed E-state index contributed by atoms with van der Waals surface area (Å²) in [4.78, 5) is 32.7. The molecule has 1 amide bonds. The van der Waals surface area contributed by atoms with E-state index in [2.05, 4.69) is 18.8 Å². The summed E-state index contributed by atoms with van der Waals surface area (Å²) in [5.41, 5.74) is 4.27. The largest absolute Gasteiger partial charge is 0.507 e. The zero-order chi connectivity index (χ0) is 24.0. The van der Waals surface area contributed by atoms with Crippen LogP contribution in [0.25, 0.3) is 16.0 Å². The average Bonchev–Trinajstić information content (AvgIpc) is 3.37. The fourth-order valence-electron chi connectivity index (χ4n) is 4.24. The Kier molecular flexibility index (Phi) is 5.54. The number of benzene rings is 3. The first-order valence-corrected chi connectivity index (χ1v) is 12.0. The van der Waals surface area contributed by atoms with Gasteiger partial charge >= 0.3 is 5.91 Å². The van der Waals surface area contributed by atoms with E-state index in [0.29, 0.717) is 16.6 Å². The number of para-hydroxylation sites is 1. The fraction of sp³-hybridized carbons (Fsp3) is 0.179. The molecular formula is C28H24N2O3S. The molecule has 6 heteroatoms. The number of amides is 1. The molecule has 1 atom stereocenters. The van der Waals surface area contributed by atoms with E-state index in [9.17, 15) is 14.7 Å². The maximum absolute atomic E-state index is 13.3. The highest BCUT2D eigenvalue weighted by atomic mass is 32.1. The lowest BCUT2D eigenvalue weighted by molar-refractivity contribution is -0.132. The van der Waals surface area contributed by atoms with E-state index < -0.39 is 17.7 Å². The van der Waals surface area contributed by atoms with E-state index in [1.54, 1.807) is 12.1 Å². The van der Waals surface area contributed by atoms with Gasteiger partial charge in [0, 0.05) is 5.56 Å². The van der Waals surface area contributed by atoms with E-state index in [1.807, 2.05) is 67.6 Å². The first-order chi connectivity index (χ1) is 16.3. The van der Waals surface area contributed by atoms with E-state index in [4.69, 9.17) is 0 Å². The van der Waals surface area contributed by atoms with Crippen LogP contribution in [0.4, 0.5) is 5.13 Å². The molecule has 5 nitrogen and oxygen atoms in total. The third-order valence-corrected chi connectivity index (χ3v) is 7.21. The van der Waals surface area contributed by atoms with Crippen LogP contribution < -0.4 is 4.90 Å². The lowest BCUT2D eigenvalue weighted by Crippen LogP contribution is -2.29. The second kappa shape index (κ2) is 8.54. The molecule has 170 valence electrons. The third-order valence-electron chi connectivity index (χ3n) is 6.18. The molecule has 0 unspecified atom stereocenters. The summed E-state index contributed by atoms with van der Waals surface area (Å²) in [7, 11) is 0. The Hall–Kier alpha value is -3.77. The average molecular weight is 469 g/mol. The van der Waals surface area contributed by atoms with Gasteiger partial charge in [0.15, 0.2) is 5.13 Å². The third kappa shape index (κ3) is 3.70. The number of Topliss-reactive ketones (excluding diaryl/α,β-unsaturated/α-hetero) is 1. The Morgan fingerprint density at radius 3 is 2.29 bits per heavy atom. The van der Waals surface area contributed by atoms with Crippen molar-refractivity contribution in [1.82, 2.24) is 4.98 Å². The first-order valence-electron chi connectivity index (χ1n) is 11.2. The summed E-state index contributed by atoms with van der Waals surface area (Å²) in [6, 6.07) is 22.0. The van der Waals surface area contributed by atoms with E-state index in [-0.39, 0.29) is 11.3 Å². The topological polar surface area (TPSA) is 70.5 Å². The molecule has 1 fully saturated rings. The van der Waals surface area contributed by atoms with E-state index >= 15 is 0 Å². The van der Waals surface area contributed by atoms with Crippen LogP contribution in [0.1, 0.15) is 48.1 Å². The Labute approximate surface area is 202 Å². The predicted molar refractivity (Wildman–Crippen MR) is 136 cm³/mol. The number of hydrogen-bond acceptors (Lipinski definition) is 5. The normalized spacial score (nSPS) is 17.8. The number of thiazole rings is 1. The van der Waals surface area contributed by atoms with Gasteiger partial charge in [-0.3, -0.25) is 14.5 Å². The summed E-state index contributed by atoms with van der Waals surface area (Å²) >= 11 is 1.36. The standard InChI is InChI=1S/C28H24N2O3S/c1-16(2)18-12-14-19(15-13-18)24-23(25(31)20-10-8-17(3)9-11-20)26(32)27(33)30(24)28-29-21-6-4-5-7-22(21)34-28/h4-16,24,31H,1-3H3/t24-/m1/s1. The van der Waals surface area contributed by atoms with E-state index in [0.717, 1.165) is 26.9 Å². The van der Waals surface area contributed by atoms with Gasteiger partial charge in [0.1, 0.15) is 5.76 Å². The molecule has 1 aliphatic rings. The molecule has 1 N–H and O–H groups in total. The summed E-state index contributed by atoms with van der Waals surface area (Å²) in [6.45, 7) is 6.17. The number of fused-ring (bicyclic) bond motifs is 1. The van der Waals surface area contributed by atoms with Crippen LogP contribution in [0, 0.1) is 6.92 Å². The van der Waals surface area contributed by atoms with Crippen molar-refractivity contribution in [3.05, 3.63) is 101 Å². The Balaban J connectivity index is 1.71. The smallest absolute Gasteiger partial charge is 0.301 e. The second-order valence-corrected chi connectivity index (χ2v) is 9.83. The van der Waals surface area contributed by atoms with Crippen LogP contribution in [0.15, 0.2) is 78.4 Å². The highest BCUT2D eigenvalue weighted by molar-refractivity contribution is 7.22. The van der Waals surface area contributed by atoms with Crippen molar-refractivity contribution in [1.29, 1.82) is 0 Å². The van der Waals surface area contributed by atoms with Crippen LogP contribution in [0.2, 0.25) is 0 Å². The number of rotatable bonds is 4. The number of carbonyl (C=O) groups is 2. The lowest BCUT2D eigenvalue weighted by atomic mass is 9.93. The predicted octanol–water partition coefficient (Wildman–Crippen LogP) is 6.35. The van der Waals surface area contributed by atoms with E-state index in [1.165, 1.54) is 16.2 Å². The number of anilines is 1. The fourth-order valence-corrected chi connectivity index (χ4v) is 5.23. The number of nitrogens with zero attached hydrogens (tertiary/aromatic N) is 2. The van der Waals surface area contributed by atoms with Crippen molar-refractivity contribution in [3.8, 4) is 0 Å². The van der Waals surface area contributed by atoms with Crippen molar-refractivity contribution in [3.63, 3.8) is 0 Å². The zero-order valence-corrected chi connectivity index (χ0v) is 20.0. The van der Waals surface area contributed by atoms with Crippen LogP contribution >= 0.6 is 11.3 Å². The molecule has 1 aromatic heterocycles. The molecule has 3 aromatic carbocycles. The van der Waals surface area contributed by atoms with Gasteiger partial charge in [0.25, 0.3) is 5.78 Å². The van der Waals surface area contributed by atoms with Gasteiger partial charge in [-0.25, -0.2) is 4.98 Å². The van der Waals surface area contributed by atoms with Gasteiger partial charge < -0.3 is 5.11 Å². The van der Waals surface area contributed by atoms with Crippen molar-refractivity contribution in [2.45, 2.75) is 32.7 Å².